The predicted molar refractivity (Wildman–Crippen MR) is 62.7 cm³/mol. The Kier molecular flexibility index (Phi) is 1.95. The summed E-state index contributed by atoms with van der Waals surface area (Å²) in [5, 5.41) is 2.96. The van der Waals surface area contributed by atoms with Crippen molar-refractivity contribution in [2.75, 3.05) is 24.3 Å². The van der Waals surface area contributed by atoms with Crippen molar-refractivity contribution in [1.82, 2.24) is 19.9 Å². The molecule has 84 valence electrons. The highest BCUT2D eigenvalue weighted by molar-refractivity contribution is 5.84. The maximum absolute atomic E-state index is 4.49. The summed E-state index contributed by atoms with van der Waals surface area (Å²) in [7, 11) is 3.88. The molecule has 16 heavy (non-hydrogen) atoms. The van der Waals surface area contributed by atoms with Gasteiger partial charge >= 0.3 is 0 Å². The Morgan fingerprint density at radius 2 is 2.25 bits per heavy atom. The first-order valence-corrected chi connectivity index (χ1v) is 5.41. The molecule has 0 unspecified atom stereocenters. The Morgan fingerprint density at radius 1 is 1.44 bits per heavy atom. The Hall–Kier alpha value is -1.85. The van der Waals surface area contributed by atoms with Gasteiger partial charge in [-0.2, -0.15) is 9.97 Å². The van der Waals surface area contributed by atoms with Gasteiger partial charge in [0.15, 0.2) is 11.5 Å². The number of imidazole rings is 1. The number of fused-ring (bicyclic) bond motifs is 1. The summed E-state index contributed by atoms with van der Waals surface area (Å²) in [5.74, 6) is 1.54. The third kappa shape index (κ3) is 1.37. The number of aromatic nitrogens is 4. The van der Waals surface area contributed by atoms with E-state index in [9.17, 15) is 0 Å². The standard InChI is InChI=1S/C10H14N6/c1-11-10-14-8-7(12-5-13-8)9(15-10)16(2)6-3-4-6/h5-6H,3-4H2,1-2H3,(H2,11,12,13,14,15). The fraction of sp³-hybridized carbons (Fsp3) is 0.500. The van der Waals surface area contributed by atoms with Crippen molar-refractivity contribution in [3.05, 3.63) is 6.33 Å². The zero-order valence-electron chi connectivity index (χ0n) is 9.36. The molecule has 3 rings (SSSR count). The SMILES string of the molecule is CNc1nc(N(C)C2CC2)c2[nH]cnc2n1. The van der Waals surface area contributed by atoms with Crippen LogP contribution in [0.5, 0.6) is 0 Å². The number of aromatic amines is 1. The average Bonchev–Trinajstić information content (AvgIpc) is 3.05. The lowest BCUT2D eigenvalue weighted by molar-refractivity contribution is 0.893. The van der Waals surface area contributed by atoms with Crippen molar-refractivity contribution in [3.63, 3.8) is 0 Å². The van der Waals surface area contributed by atoms with Crippen molar-refractivity contribution < 1.29 is 0 Å². The smallest absolute Gasteiger partial charge is 0.226 e. The topological polar surface area (TPSA) is 69.7 Å². The van der Waals surface area contributed by atoms with E-state index in [0.29, 0.717) is 17.6 Å². The third-order valence-electron chi connectivity index (χ3n) is 2.92. The normalized spacial score (nSPS) is 15.4. The van der Waals surface area contributed by atoms with Gasteiger partial charge in [0, 0.05) is 20.1 Å². The van der Waals surface area contributed by atoms with Crippen LogP contribution in [0.15, 0.2) is 6.33 Å². The molecule has 2 aromatic heterocycles. The van der Waals surface area contributed by atoms with Crippen LogP contribution in [0.4, 0.5) is 11.8 Å². The molecule has 0 bridgehead atoms. The van der Waals surface area contributed by atoms with Crippen LogP contribution in [0, 0.1) is 0 Å². The molecule has 1 aliphatic carbocycles. The summed E-state index contributed by atoms with van der Waals surface area (Å²) >= 11 is 0. The van der Waals surface area contributed by atoms with Crippen molar-refractivity contribution in [1.29, 1.82) is 0 Å². The van der Waals surface area contributed by atoms with Crippen LogP contribution in [0.25, 0.3) is 11.2 Å². The lowest BCUT2D eigenvalue weighted by Gasteiger charge is -2.18. The van der Waals surface area contributed by atoms with Crippen molar-refractivity contribution in [2.45, 2.75) is 18.9 Å². The molecule has 6 nitrogen and oxygen atoms in total. The first-order valence-electron chi connectivity index (χ1n) is 5.41. The lowest BCUT2D eigenvalue weighted by Crippen LogP contribution is -2.21. The monoisotopic (exact) mass is 218 g/mol. The average molecular weight is 218 g/mol. The van der Waals surface area contributed by atoms with Gasteiger partial charge in [-0.25, -0.2) is 4.98 Å². The quantitative estimate of drug-likeness (QED) is 0.804. The first kappa shape index (κ1) is 9.38. The van der Waals surface area contributed by atoms with E-state index in [0.717, 1.165) is 11.3 Å². The van der Waals surface area contributed by atoms with E-state index in [1.54, 1.807) is 6.33 Å². The maximum atomic E-state index is 4.49. The molecule has 1 fully saturated rings. The van der Waals surface area contributed by atoms with Gasteiger partial charge in [-0.3, -0.25) is 0 Å². The minimum absolute atomic E-state index is 0.613. The summed E-state index contributed by atoms with van der Waals surface area (Å²) in [6.45, 7) is 0. The van der Waals surface area contributed by atoms with Crippen LogP contribution in [-0.4, -0.2) is 40.1 Å². The van der Waals surface area contributed by atoms with E-state index in [1.165, 1.54) is 12.8 Å². The van der Waals surface area contributed by atoms with Crippen LogP contribution < -0.4 is 10.2 Å². The van der Waals surface area contributed by atoms with Crippen molar-refractivity contribution >= 4 is 22.9 Å². The van der Waals surface area contributed by atoms with Gasteiger partial charge in [-0.1, -0.05) is 0 Å². The summed E-state index contributed by atoms with van der Waals surface area (Å²) in [6.07, 6.45) is 4.14. The highest BCUT2D eigenvalue weighted by Crippen LogP contribution is 2.32. The van der Waals surface area contributed by atoms with Crippen LogP contribution in [0.2, 0.25) is 0 Å². The van der Waals surface area contributed by atoms with Gasteiger partial charge in [0.05, 0.1) is 6.33 Å². The Bertz CT molecular complexity index is 515. The van der Waals surface area contributed by atoms with Crippen molar-refractivity contribution in [2.24, 2.45) is 0 Å². The largest absolute Gasteiger partial charge is 0.357 e. The van der Waals surface area contributed by atoms with Gasteiger partial charge in [0.2, 0.25) is 5.95 Å². The molecule has 2 N–H and O–H groups in total. The molecule has 0 atom stereocenters. The van der Waals surface area contributed by atoms with Crippen LogP contribution in [-0.2, 0) is 0 Å². The summed E-state index contributed by atoms with van der Waals surface area (Å²) in [5.41, 5.74) is 1.62. The number of hydrogen-bond acceptors (Lipinski definition) is 5. The number of H-pyrrole nitrogens is 1. The molecule has 0 radical (unpaired) electrons. The van der Waals surface area contributed by atoms with E-state index in [2.05, 4.69) is 37.2 Å². The molecular weight excluding hydrogens is 204 g/mol. The van der Waals surface area contributed by atoms with E-state index in [1.807, 2.05) is 7.05 Å². The van der Waals surface area contributed by atoms with Crippen molar-refractivity contribution in [3.8, 4) is 0 Å². The minimum atomic E-state index is 0.613. The molecule has 2 heterocycles. The number of hydrogen-bond donors (Lipinski definition) is 2. The summed E-state index contributed by atoms with van der Waals surface area (Å²) in [4.78, 5) is 18.2. The van der Waals surface area contributed by atoms with E-state index in [-0.39, 0.29) is 0 Å². The first-order chi connectivity index (χ1) is 7.79. The van der Waals surface area contributed by atoms with E-state index in [4.69, 9.17) is 0 Å². The second-order valence-corrected chi connectivity index (χ2v) is 4.06. The van der Waals surface area contributed by atoms with E-state index >= 15 is 0 Å². The molecular formula is C10H14N6. The highest BCUT2D eigenvalue weighted by Gasteiger charge is 2.29. The number of nitrogens with zero attached hydrogens (tertiary/aromatic N) is 4. The lowest BCUT2D eigenvalue weighted by atomic mass is 10.4. The predicted octanol–water partition coefficient (Wildman–Crippen LogP) is 0.993. The Balaban J connectivity index is 2.15. The van der Waals surface area contributed by atoms with Crippen LogP contribution >= 0.6 is 0 Å². The molecule has 0 saturated heterocycles. The summed E-state index contributed by atoms with van der Waals surface area (Å²) in [6, 6.07) is 0.617. The fourth-order valence-corrected chi connectivity index (χ4v) is 1.82. The van der Waals surface area contributed by atoms with Gasteiger partial charge in [-0.15, -0.1) is 0 Å². The third-order valence-corrected chi connectivity index (χ3v) is 2.92. The molecule has 2 aromatic rings. The maximum Gasteiger partial charge on any atom is 0.226 e. The fourth-order valence-electron chi connectivity index (χ4n) is 1.82. The Labute approximate surface area is 93.1 Å². The molecule has 0 aliphatic heterocycles. The molecule has 1 saturated carbocycles. The summed E-state index contributed by atoms with van der Waals surface area (Å²) < 4.78 is 0. The van der Waals surface area contributed by atoms with E-state index < -0.39 is 0 Å². The molecule has 0 spiro atoms. The highest BCUT2D eigenvalue weighted by atomic mass is 15.3. The van der Waals surface area contributed by atoms with Crippen LogP contribution in [0.3, 0.4) is 0 Å². The molecule has 0 amide bonds. The van der Waals surface area contributed by atoms with Crippen LogP contribution in [0.1, 0.15) is 12.8 Å². The van der Waals surface area contributed by atoms with Gasteiger partial charge in [0.25, 0.3) is 0 Å². The number of nitrogens with one attached hydrogen (secondary N) is 2. The second kappa shape index (κ2) is 3.33. The Morgan fingerprint density at radius 3 is 2.94 bits per heavy atom. The second-order valence-electron chi connectivity index (χ2n) is 4.06. The molecule has 1 aliphatic rings. The number of rotatable bonds is 3. The number of anilines is 2. The zero-order chi connectivity index (χ0) is 11.1. The van der Waals surface area contributed by atoms with Gasteiger partial charge < -0.3 is 15.2 Å². The van der Waals surface area contributed by atoms with Gasteiger partial charge in [-0.05, 0) is 12.8 Å². The van der Waals surface area contributed by atoms with Gasteiger partial charge in [0.1, 0.15) is 5.52 Å². The zero-order valence-corrected chi connectivity index (χ0v) is 9.36. The molecule has 6 heteroatoms. The minimum Gasteiger partial charge on any atom is -0.357 e. The molecule has 0 aromatic carbocycles.